The number of nitrogens with zero attached hydrogens (tertiary/aromatic N) is 2. The third-order valence-electron chi connectivity index (χ3n) is 3.54. The summed E-state index contributed by atoms with van der Waals surface area (Å²) in [7, 11) is 0. The van der Waals surface area contributed by atoms with Gasteiger partial charge in [-0.1, -0.05) is 17.4 Å². The Morgan fingerprint density at radius 3 is 2.86 bits per heavy atom. The molecule has 0 unspecified atom stereocenters. The molecule has 3 nitrogen and oxygen atoms in total. The summed E-state index contributed by atoms with van der Waals surface area (Å²) in [5.41, 5.74) is 0.353. The van der Waals surface area contributed by atoms with Crippen LogP contribution in [0.3, 0.4) is 0 Å². The van der Waals surface area contributed by atoms with Gasteiger partial charge in [0, 0.05) is 12.5 Å². The Morgan fingerprint density at radius 2 is 2.10 bits per heavy atom. The smallest absolute Gasteiger partial charge is 0.153 e. The predicted octanol–water partition coefficient (Wildman–Crippen LogP) is 3.48. The first-order valence-corrected chi connectivity index (χ1v) is 7.97. The lowest BCUT2D eigenvalue weighted by molar-refractivity contribution is 0.583. The van der Waals surface area contributed by atoms with Gasteiger partial charge in [0.1, 0.15) is 16.6 Å². The molecule has 1 aromatic carbocycles. The van der Waals surface area contributed by atoms with E-state index in [0.29, 0.717) is 16.6 Å². The Labute approximate surface area is 126 Å². The number of halogens is 2. The van der Waals surface area contributed by atoms with Gasteiger partial charge in [0.05, 0.1) is 5.56 Å². The molecule has 6 heteroatoms. The maximum Gasteiger partial charge on any atom is 0.153 e. The van der Waals surface area contributed by atoms with Crippen molar-refractivity contribution >= 4 is 11.3 Å². The molecule has 1 N–H and O–H groups in total. The molecule has 1 aliphatic rings. The molecule has 0 atom stereocenters. The fourth-order valence-electron chi connectivity index (χ4n) is 2.14. The highest BCUT2D eigenvalue weighted by molar-refractivity contribution is 7.14. The van der Waals surface area contributed by atoms with Crippen LogP contribution in [0.1, 0.15) is 29.8 Å². The van der Waals surface area contributed by atoms with E-state index in [9.17, 15) is 8.78 Å². The van der Waals surface area contributed by atoms with Crippen molar-refractivity contribution in [1.82, 2.24) is 15.5 Å². The average molecular weight is 309 g/mol. The average Bonchev–Trinajstić information content (AvgIpc) is 3.18. The lowest BCUT2D eigenvalue weighted by Crippen LogP contribution is -2.17. The molecule has 2 aromatic rings. The fourth-order valence-corrected chi connectivity index (χ4v) is 3.06. The summed E-state index contributed by atoms with van der Waals surface area (Å²) in [6.07, 6.45) is 4.29. The number of aromatic nitrogens is 2. The van der Waals surface area contributed by atoms with E-state index >= 15 is 0 Å². The topological polar surface area (TPSA) is 37.8 Å². The van der Waals surface area contributed by atoms with Crippen molar-refractivity contribution in [3.63, 3.8) is 0 Å². The number of hydrogen-bond acceptors (Lipinski definition) is 4. The molecule has 0 bridgehead atoms. The number of aryl methyl sites for hydroxylation is 2. The highest BCUT2D eigenvalue weighted by atomic mass is 32.1. The van der Waals surface area contributed by atoms with Crippen LogP contribution in [-0.4, -0.2) is 22.8 Å². The third kappa shape index (κ3) is 3.44. The number of benzene rings is 1. The van der Waals surface area contributed by atoms with Gasteiger partial charge >= 0.3 is 0 Å². The summed E-state index contributed by atoms with van der Waals surface area (Å²) >= 11 is 1.27. The molecule has 3 rings (SSSR count). The zero-order valence-electron chi connectivity index (χ0n) is 11.8. The van der Waals surface area contributed by atoms with Gasteiger partial charge in [0.2, 0.25) is 0 Å². The molecule has 112 valence electrons. The minimum atomic E-state index is -0.587. The maximum atomic E-state index is 14.0. The van der Waals surface area contributed by atoms with Gasteiger partial charge < -0.3 is 5.32 Å². The Morgan fingerprint density at radius 1 is 1.29 bits per heavy atom. The monoisotopic (exact) mass is 309 g/mol. The second-order valence-corrected chi connectivity index (χ2v) is 6.45. The van der Waals surface area contributed by atoms with Gasteiger partial charge in [-0.2, -0.15) is 0 Å². The lowest BCUT2D eigenvalue weighted by Gasteiger charge is -2.03. The van der Waals surface area contributed by atoms with Gasteiger partial charge in [-0.25, -0.2) is 8.78 Å². The van der Waals surface area contributed by atoms with Crippen molar-refractivity contribution in [3.8, 4) is 10.6 Å². The molecular formula is C15H17F2N3S. The fraction of sp³-hybridized carbons (Fsp3) is 0.467. The highest BCUT2D eigenvalue weighted by Gasteiger charge is 2.20. The zero-order valence-corrected chi connectivity index (χ0v) is 12.6. The molecule has 0 aliphatic heterocycles. The normalized spacial score (nSPS) is 14.6. The van der Waals surface area contributed by atoms with Crippen molar-refractivity contribution in [2.45, 2.75) is 38.6 Å². The first kappa shape index (κ1) is 14.5. The van der Waals surface area contributed by atoms with Crippen LogP contribution >= 0.6 is 11.3 Å². The predicted molar refractivity (Wildman–Crippen MR) is 79.3 cm³/mol. The zero-order chi connectivity index (χ0) is 14.8. The van der Waals surface area contributed by atoms with Crippen LogP contribution in [0, 0.1) is 18.6 Å². The summed E-state index contributed by atoms with van der Waals surface area (Å²) in [6, 6.07) is 3.40. The van der Waals surface area contributed by atoms with Gasteiger partial charge in [0.15, 0.2) is 5.01 Å². The Kier molecular flexibility index (Phi) is 4.26. The van der Waals surface area contributed by atoms with Crippen LogP contribution in [0.25, 0.3) is 10.6 Å². The van der Waals surface area contributed by atoms with Gasteiger partial charge in [0.25, 0.3) is 0 Å². The van der Waals surface area contributed by atoms with Crippen molar-refractivity contribution in [2.75, 3.05) is 6.54 Å². The SMILES string of the molecule is Cc1ccc(F)c(-c2nnc(CCCNC3CC3)s2)c1F. The molecule has 1 fully saturated rings. The van der Waals surface area contributed by atoms with E-state index in [2.05, 4.69) is 15.5 Å². The van der Waals surface area contributed by atoms with Crippen molar-refractivity contribution in [3.05, 3.63) is 34.3 Å². The van der Waals surface area contributed by atoms with Crippen LogP contribution in [0.4, 0.5) is 8.78 Å². The number of nitrogens with one attached hydrogen (secondary N) is 1. The second-order valence-electron chi connectivity index (χ2n) is 5.39. The summed E-state index contributed by atoms with van der Waals surface area (Å²) in [6.45, 7) is 2.57. The van der Waals surface area contributed by atoms with E-state index in [-0.39, 0.29) is 5.56 Å². The molecule has 21 heavy (non-hydrogen) atoms. The molecule has 0 saturated heterocycles. The third-order valence-corrected chi connectivity index (χ3v) is 4.54. The molecule has 1 aliphatic carbocycles. The molecule has 1 heterocycles. The highest BCUT2D eigenvalue weighted by Crippen LogP contribution is 2.30. The largest absolute Gasteiger partial charge is 0.314 e. The van der Waals surface area contributed by atoms with Crippen LogP contribution < -0.4 is 5.32 Å². The Hall–Kier alpha value is -1.40. The van der Waals surface area contributed by atoms with Crippen molar-refractivity contribution in [2.24, 2.45) is 0 Å². The van der Waals surface area contributed by atoms with E-state index in [1.807, 2.05) is 0 Å². The number of rotatable bonds is 6. The van der Waals surface area contributed by atoms with E-state index in [0.717, 1.165) is 24.4 Å². The van der Waals surface area contributed by atoms with Crippen LogP contribution in [0.15, 0.2) is 12.1 Å². The van der Waals surface area contributed by atoms with Crippen LogP contribution in [0.5, 0.6) is 0 Å². The van der Waals surface area contributed by atoms with E-state index in [1.54, 1.807) is 6.92 Å². The molecule has 1 aromatic heterocycles. The van der Waals surface area contributed by atoms with Gasteiger partial charge in [-0.15, -0.1) is 10.2 Å². The van der Waals surface area contributed by atoms with Crippen LogP contribution in [0.2, 0.25) is 0 Å². The van der Waals surface area contributed by atoms with E-state index in [1.165, 1.54) is 36.3 Å². The quantitative estimate of drug-likeness (QED) is 0.830. The first-order valence-electron chi connectivity index (χ1n) is 7.16. The Bertz CT molecular complexity index is 638. The number of hydrogen-bond donors (Lipinski definition) is 1. The second kappa shape index (κ2) is 6.15. The van der Waals surface area contributed by atoms with E-state index in [4.69, 9.17) is 0 Å². The summed E-state index contributed by atoms with van der Waals surface area (Å²) < 4.78 is 27.9. The minimum absolute atomic E-state index is 0.0603. The Balaban J connectivity index is 1.68. The van der Waals surface area contributed by atoms with Gasteiger partial charge in [-0.3, -0.25) is 0 Å². The lowest BCUT2D eigenvalue weighted by atomic mass is 10.1. The molecule has 0 amide bonds. The maximum absolute atomic E-state index is 14.0. The molecular weight excluding hydrogens is 292 g/mol. The standard InChI is InChI=1S/C15H17F2N3S/c1-9-4-7-11(16)13(14(9)17)15-20-19-12(21-15)3-2-8-18-10-5-6-10/h4,7,10,18H,2-3,5-6,8H2,1H3. The van der Waals surface area contributed by atoms with Crippen LogP contribution in [-0.2, 0) is 6.42 Å². The van der Waals surface area contributed by atoms with Crippen molar-refractivity contribution < 1.29 is 8.78 Å². The molecule has 1 saturated carbocycles. The molecule has 0 radical (unpaired) electrons. The summed E-state index contributed by atoms with van der Waals surface area (Å²) in [5.74, 6) is -1.13. The first-order chi connectivity index (χ1) is 10.1. The van der Waals surface area contributed by atoms with Crippen molar-refractivity contribution in [1.29, 1.82) is 0 Å². The minimum Gasteiger partial charge on any atom is -0.314 e. The van der Waals surface area contributed by atoms with Gasteiger partial charge in [-0.05, 0) is 44.4 Å². The summed E-state index contributed by atoms with van der Waals surface area (Å²) in [4.78, 5) is 0. The molecule has 0 spiro atoms. The summed E-state index contributed by atoms with van der Waals surface area (Å²) in [5, 5.41) is 12.6. The van der Waals surface area contributed by atoms with E-state index < -0.39 is 11.6 Å².